The number of ether oxygens (including phenoxy) is 1. The Morgan fingerprint density at radius 2 is 1.95 bits per heavy atom. The second-order valence-electron chi connectivity index (χ2n) is 5.38. The van der Waals surface area contributed by atoms with Gasteiger partial charge in [0.25, 0.3) is 0 Å². The van der Waals surface area contributed by atoms with Crippen LogP contribution in [-0.4, -0.2) is 47.4 Å². The van der Waals surface area contributed by atoms with Crippen molar-refractivity contribution in [1.82, 2.24) is 4.90 Å². The lowest BCUT2D eigenvalue weighted by Gasteiger charge is -2.32. The van der Waals surface area contributed by atoms with Crippen LogP contribution in [0.15, 0.2) is 18.2 Å². The van der Waals surface area contributed by atoms with E-state index < -0.39 is 12.9 Å². The Morgan fingerprint density at radius 3 is 2.58 bits per heavy atom. The molecule has 2 N–H and O–H groups in total. The summed E-state index contributed by atoms with van der Waals surface area (Å²) in [6, 6.07) is 4.51. The number of likely N-dealkylation sites (tertiary alicyclic amines) is 1. The third-order valence-electron chi connectivity index (χ3n) is 3.86. The highest BCUT2D eigenvalue weighted by Gasteiger charge is 2.33. The molecule has 2 aliphatic rings. The van der Waals surface area contributed by atoms with E-state index in [9.17, 15) is 4.39 Å². The minimum absolute atomic E-state index is 0.0614. The number of fused-ring (bicyclic) bond motifs is 2. The van der Waals surface area contributed by atoms with Crippen LogP contribution in [0.2, 0.25) is 0 Å². The molecule has 0 saturated carbocycles. The van der Waals surface area contributed by atoms with Crippen LogP contribution in [-0.2, 0) is 11.3 Å². The fourth-order valence-electron chi connectivity index (χ4n) is 2.98. The predicted molar refractivity (Wildman–Crippen MR) is 69.4 cm³/mol. The number of hydrogen-bond donors (Lipinski definition) is 2. The van der Waals surface area contributed by atoms with Gasteiger partial charge >= 0.3 is 7.12 Å². The van der Waals surface area contributed by atoms with Crippen LogP contribution in [0.1, 0.15) is 18.4 Å². The Kier molecular flexibility index (Phi) is 3.58. The molecular weight excluding hydrogens is 248 g/mol. The molecule has 0 spiro atoms. The summed E-state index contributed by atoms with van der Waals surface area (Å²) in [7, 11) is -1.76. The van der Waals surface area contributed by atoms with Crippen molar-refractivity contribution in [2.24, 2.45) is 0 Å². The van der Waals surface area contributed by atoms with E-state index in [1.807, 2.05) is 0 Å². The monoisotopic (exact) mass is 265 g/mol. The molecule has 2 bridgehead atoms. The standard InChI is InChI=1S/C13H17BFNO3/c15-13-4-1-9(5-12(13)14(17)18)6-16-7-10-2-3-11(8-16)19-10/h1,4-5,10-11,17-18H,2-3,6-8H2. The van der Waals surface area contributed by atoms with Gasteiger partial charge in [-0.3, -0.25) is 4.90 Å². The molecule has 0 radical (unpaired) electrons. The summed E-state index contributed by atoms with van der Waals surface area (Å²) in [5.74, 6) is -0.583. The van der Waals surface area contributed by atoms with E-state index in [0.717, 1.165) is 31.5 Å². The molecule has 0 aromatic heterocycles. The van der Waals surface area contributed by atoms with Gasteiger partial charge < -0.3 is 14.8 Å². The van der Waals surface area contributed by atoms with Crippen molar-refractivity contribution < 1.29 is 19.2 Å². The van der Waals surface area contributed by atoms with Crippen LogP contribution in [0.25, 0.3) is 0 Å². The molecule has 2 saturated heterocycles. The molecule has 2 aliphatic heterocycles. The number of rotatable bonds is 3. The molecule has 1 aromatic rings. The SMILES string of the molecule is OB(O)c1cc(CN2CC3CCC(C2)O3)ccc1F. The van der Waals surface area contributed by atoms with Crippen LogP contribution in [0, 0.1) is 5.82 Å². The minimum atomic E-state index is -1.76. The molecule has 2 atom stereocenters. The normalized spacial score (nSPS) is 26.7. The average Bonchev–Trinajstić information content (AvgIpc) is 2.71. The zero-order chi connectivity index (χ0) is 13.4. The maximum absolute atomic E-state index is 13.4. The van der Waals surface area contributed by atoms with Gasteiger partial charge in [0.1, 0.15) is 5.82 Å². The molecule has 2 heterocycles. The largest absolute Gasteiger partial charge is 0.491 e. The van der Waals surface area contributed by atoms with E-state index in [1.54, 1.807) is 6.07 Å². The zero-order valence-corrected chi connectivity index (χ0v) is 10.6. The summed E-state index contributed by atoms with van der Waals surface area (Å²) in [6.07, 6.45) is 2.88. The smallest absolute Gasteiger partial charge is 0.423 e. The molecule has 19 heavy (non-hydrogen) atoms. The van der Waals surface area contributed by atoms with Gasteiger partial charge in [-0.2, -0.15) is 0 Å². The quantitative estimate of drug-likeness (QED) is 0.747. The minimum Gasteiger partial charge on any atom is -0.423 e. The first-order valence-electron chi connectivity index (χ1n) is 6.64. The summed E-state index contributed by atoms with van der Waals surface area (Å²) in [4.78, 5) is 2.28. The van der Waals surface area contributed by atoms with E-state index in [-0.39, 0.29) is 5.46 Å². The zero-order valence-electron chi connectivity index (χ0n) is 10.6. The molecule has 3 rings (SSSR count). The molecule has 0 aliphatic carbocycles. The van der Waals surface area contributed by atoms with E-state index in [0.29, 0.717) is 18.8 Å². The number of hydrogen-bond acceptors (Lipinski definition) is 4. The van der Waals surface area contributed by atoms with Crippen LogP contribution < -0.4 is 5.46 Å². The van der Waals surface area contributed by atoms with Crippen molar-refractivity contribution >= 4 is 12.6 Å². The number of halogens is 1. The van der Waals surface area contributed by atoms with Gasteiger partial charge in [0.05, 0.1) is 12.2 Å². The van der Waals surface area contributed by atoms with Crippen molar-refractivity contribution in [3.05, 3.63) is 29.6 Å². The summed E-state index contributed by atoms with van der Waals surface area (Å²) < 4.78 is 19.1. The lowest BCUT2D eigenvalue weighted by Crippen LogP contribution is -2.42. The second kappa shape index (κ2) is 5.21. The van der Waals surface area contributed by atoms with E-state index >= 15 is 0 Å². The Morgan fingerprint density at radius 1 is 1.26 bits per heavy atom. The van der Waals surface area contributed by atoms with Gasteiger partial charge in [-0.05, 0) is 24.5 Å². The van der Waals surface area contributed by atoms with Gasteiger partial charge in [-0.25, -0.2) is 4.39 Å². The highest BCUT2D eigenvalue weighted by molar-refractivity contribution is 6.58. The van der Waals surface area contributed by atoms with Gasteiger partial charge in [0, 0.05) is 25.1 Å². The Labute approximate surface area is 111 Å². The molecule has 1 aromatic carbocycles. The van der Waals surface area contributed by atoms with Crippen molar-refractivity contribution in [2.75, 3.05) is 13.1 Å². The molecule has 102 valence electrons. The lowest BCUT2D eigenvalue weighted by molar-refractivity contribution is -0.0410. The first-order valence-corrected chi connectivity index (χ1v) is 6.64. The van der Waals surface area contributed by atoms with Gasteiger partial charge in [-0.15, -0.1) is 0 Å². The van der Waals surface area contributed by atoms with E-state index in [4.69, 9.17) is 14.8 Å². The number of nitrogens with zero attached hydrogens (tertiary/aromatic N) is 1. The third-order valence-corrected chi connectivity index (χ3v) is 3.86. The molecule has 6 heteroatoms. The van der Waals surface area contributed by atoms with Crippen LogP contribution in [0.3, 0.4) is 0 Å². The van der Waals surface area contributed by atoms with Crippen LogP contribution >= 0.6 is 0 Å². The highest BCUT2D eigenvalue weighted by atomic mass is 19.1. The first kappa shape index (κ1) is 13.1. The Balaban J connectivity index is 1.71. The third kappa shape index (κ3) is 2.82. The van der Waals surface area contributed by atoms with Crippen LogP contribution in [0.4, 0.5) is 4.39 Å². The first-order chi connectivity index (χ1) is 9.11. The fraction of sp³-hybridized carbons (Fsp3) is 0.538. The summed E-state index contributed by atoms with van der Waals surface area (Å²) in [6.45, 7) is 2.48. The topological polar surface area (TPSA) is 52.9 Å². The van der Waals surface area contributed by atoms with Crippen molar-refractivity contribution in [2.45, 2.75) is 31.6 Å². The molecule has 2 unspecified atom stereocenters. The molecule has 2 fully saturated rings. The summed E-state index contributed by atoms with van der Waals surface area (Å²) in [5, 5.41) is 18.2. The lowest BCUT2D eigenvalue weighted by atomic mass is 9.79. The van der Waals surface area contributed by atoms with Crippen LogP contribution in [0.5, 0.6) is 0 Å². The maximum Gasteiger partial charge on any atom is 0.491 e. The molecule has 0 amide bonds. The van der Waals surface area contributed by atoms with Crippen molar-refractivity contribution in [3.8, 4) is 0 Å². The summed E-state index contributed by atoms with van der Waals surface area (Å²) in [5.41, 5.74) is 0.833. The maximum atomic E-state index is 13.4. The molecular formula is C13H17BFNO3. The van der Waals surface area contributed by atoms with Gasteiger partial charge in [-0.1, -0.05) is 12.1 Å². The van der Waals surface area contributed by atoms with Gasteiger partial charge in [0.2, 0.25) is 0 Å². The Bertz CT molecular complexity index is 459. The van der Waals surface area contributed by atoms with Crippen molar-refractivity contribution in [1.29, 1.82) is 0 Å². The second-order valence-corrected chi connectivity index (χ2v) is 5.38. The number of benzene rings is 1. The Hall–Kier alpha value is -0.945. The highest BCUT2D eigenvalue weighted by Crippen LogP contribution is 2.27. The van der Waals surface area contributed by atoms with E-state index in [1.165, 1.54) is 12.1 Å². The van der Waals surface area contributed by atoms with Crippen molar-refractivity contribution in [3.63, 3.8) is 0 Å². The summed E-state index contributed by atoms with van der Waals surface area (Å²) >= 11 is 0. The predicted octanol–water partition coefficient (Wildman–Crippen LogP) is -0.131. The number of morpholine rings is 1. The fourth-order valence-corrected chi connectivity index (χ4v) is 2.98. The molecule has 4 nitrogen and oxygen atoms in total. The van der Waals surface area contributed by atoms with Gasteiger partial charge in [0.15, 0.2) is 0 Å². The average molecular weight is 265 g/mol. The van der Waals surface area contributed by atoms with E-state index in [2.05, 4.69) is 4.90 Å².